The van der Waals surface area contributed by atoms with E-state index < -0.39 is 0 Å². The SMILES string of the molecule is CCSc1nc2cc(SOOC)ccc2n1C1CCN(C(=O)C2CCN(Cc3cc[nH]c3)CC2)CC1. The van der Waals surface area contributed by atoms with E-state index >= 15 is 0 Å². The fourth-order valence-electron chi connectivity index (χ4n) is 5.42. The summed E-state index contributed by atoms with van der Waals surface area (Å²) in [6.45, 7) is 6.75. The van der Waals surface area contributed by atoms with Gasteiger partial charge in [-0.15, -0.1) is 0 Å². The second-order valence-electron chi connectivity index (χ2n) is 9.49. The Morgan fingerprint density at radius 1 is 1.14 bits per heavy atom. The van der Waals surface area contributed by atoms with Gasteiger partial charge in [0, 0.05) is 48.9 Å². The lowest BCUT2D eigenvalue weighted by molar-refractivity contribution is -0.160. The Balaban J connectivity index is 1.20. The zero-order valence-corrected chi connectivity index (χ0v) is 22.7. The number of H-pyrrole nitrogens is 1. The van der Waals surface area contributed by atoms with Crippen LogP contribution < -0.4 is 0 Å². The van der Waals surface area contributed by atoms with Gasteiger partial charge >= 0.3 is 0 Å². The third kappa shape index (κ3) is 5.78. The van der Waals surface area contributed by atoms with Crippen molar-refractivity contribution in [2.75, 3.05) is 39.0 Å². The van der Waals surface area contributed by atoms with Crippen LogP contribution in [0.2, 0.25) is 0 Å². The molecule has 2 aliphatic heterocycles. The van der Waals surface area contributed by atoms with Crippen molar-refractivity contribution in [2.24, 2.45) is 5.92 Å². The predicted octanol–water partition coefficient (Wildman–Crippen LogP) is 5.14. The highest BCUT2D eigenvalue weighted by atomic mass is 32.2. The summed E-state index contributed by atoms with van der Waals surface area (Å²) in [6, 6.07) is 8.71. The van der Waals surface area contributed by atoms with Gasteiger partial charge in [-0.05, 0) is 74.4 Å². The summed E-state index contributed by atoms with van der Waals surface area (Å²) in [5.74, 6) is 1.49. The van der Waals surface area contributed by atoms with E-state index in [1.807, 2.05) is 12.3 Å². The molecule has 2 fully saturated rings. The number of piperidine rings is 2. The van der Waals surface area contributed by atoms with E-state index in [0.717, 1.165) is 85.2 Å². The number of hydrogen-bond acceptors (Lipinski definition) is 7. The third-order valence-corrected chi connectivity index (χ3v) is 8.73. The van der Waals surface area contributed by atoms with Crippen LogP contribution in [-0.2, 0) is 20.6 Å². The Kier molecular flexibility index (Phi) is 8.58. The van der Waals surface area contributed by atoms with Crippen molar-refractivity contribution < 1.29 is 14.0 Å². The molecule has 4 heterocycles. The number of aromatic nitrogens is 3. The molecular formula is C26H35N5O3S2. The smallest absolute Gasteiger partial charge is 0.225 e. The molecule has 194 valence electrons. The normalized spacial score (nSPS) is 18.3. The minimum atomic E-state index is 0.162. The lowest BCUT2D eigenvalue weighted by Gasteiger charge is -2.38. The first-order valence-corrected chi connectivity index (χ1v) is 14.5. The number of nitrogens with zero attached hydrogens (tertiary/aromatic N) is 4. The molecule has 1 N–H and O–H groups in total. The van der Waals surface area contributed by atoms with Crippen molar-refractivity contribution in [3.05, 3.63) is 42.2 Å². The van der Waals surface area contributed by atoms with E-state index in [2.05, 4.69) is 50.7 Å². The van der Waals surface area contributed by atoms with Crippen molar-refractivity contribution >= 4 is 40.7 Å². The average Bonchev–Trinajstić information content (AvgIpc) is 3.55. The molecule has 0 bridgehead atoms. The molecule has 8 nitrogen and oxygen atoms in total. The fourth-order valence-corrected chi connectivity index (χ4v) is 6.66. The first-order valence-electron chi connectivity index (χ1n) is 12.8. The van der Waals surface area contributed by atoms with Crippen LogP contribution in [0.5, 0.6) is 0 Å². The molecule has 36 heavy (non-hydrogen) atoms. The van der Waals surface area contributed by atoms with E-state index in [4.69, 9.17) is 14.2 Å². The van der Waals surface area contributed by atoms with Gasteiger partial charge in [0.15, 0.2) is 5.16 Å². The lowest BCUT2D eigenvalue weighted by Crippen LogP contribution is -2.45. The van der Waals surface area contributed by atoms with Crippen molar-refractivity contribution in [1.82, 2.24) is 24.3 Å². The van der Waals surface area contributed by atoms with Crippen LogP contribution >= 0.6 is 23.8 Å². The lowest BCUT2D eigenvalue weighted by atomic mass is 9.93. The molecule has 0 spiro atoms. The largest absolute Gasteiger partial charge is 0.367 e. The van der Waals surface area contributed by atoms with Crippen LogP contribution in [0.25, 0.3) is 11.0 Å². The van der Waals surface area contributed by atoms with Gasteiger partial charge in [0.05, 0.1) is 30.2 Å². The number of carbonyl (C=O) groups excluding carboxylic acids is 1. The monoisotopic (exact) mass is 529 g/mol. The Bertz CT molecular complexity index is 1140. The van der Waals surface area contributed by atoms with Crippen molar-refractivity contribution in [3.8, 4) is 0 Å². The maximum Gasteiger partial charge on any atom is 0.225 e. The number of rotatable bonds is 9. The van der Waals surface area contributed by atoms with E-state index in [9.17, 15) is 4.79 Å². The molecule has 2 aromatic heterocycles. The van der Waals surface area contributed by atoms with Gasteiger partial charge in [-0.2, -0.15) is 4.33 Å². The number of amides is 1. The van der Waals surface area contributed by atoms with Crippen LogP contribution in [-0.4, -0.2) is 69.3 Å². The molecule has 0 radical (unpaired) electrons. The molecule has 3 aromatic rings. The summed E-state index contributed by atoms with van der Waals surface area (Å²) in [5, 5.41) is 1.06. The molecule has 10 heteroatoms. The number of nitrogens with one attached hydrogen (secondary N) is 1. The van der Waals surface area contributed by atoms with Gasteiger partial charge < -0.3 is 14.5 Å². The van der Waals surface area contributed by atoms with Crippen molar-refractivity contribution in [1.29, 1.82) is 0 Å². The summed E-state index contributed by atoms with van der Waals surface area (Å²) < 4.78 is 7.42. The molecule has 0 saturated carbocycles. The molecule has 1 aromatic carbocycles. The summed E-state index contributed by atoms with van der Waals surface area (Å²) in [4.78, 5) is 31.6. The number of imidazole rings is 1. The molecular weight excluding hydrogens is 494 g/mol. The van der Waals surface area contributed by atoms with Gasteiger partial charge in [-0.3, -0.25) is 9.69 Å². The molecule has 0 aliphatic carbocycles. The van der Waals surface area contributed by atoms with Crippen LogP contribution in [0.1, 0.15) is 44.2 Å². The maximum absolute atomic E-state index is 13.3. The van der Waals surface area contributed by atoms with E-state index in [1.165, 1.54) is 24.7 Å². The van der Waals surface area contributed by atoms with Crippen LogP contribution in [0.3, 0.4) is 0 Å². The van der Waals surface area contributed by atoms with Gasteiger partial charge in [-0.1, -0.05) is 18.7 Å². The van der Waals surface area contributed by atoms with E-state index in [-0.39, 0.29) is 5.92 Å². The Morgan fingerprint density at radius 3 is 2.64 bits per heavy atom. The maximum atomic E-state index is 13.3. The first kappa shape index (κ1) is 25.7. The highest BCUT2D eigenvalue weighted by Crippen LogP contribution is 2.35. The Labute approximate surface area is 221 Å². The summed E-state index contributed by atoms with van der Waals surface area (Å²) in [5.41, 5.74) is 3.43. The molecule has 2 aliphatic rings. The second kappa shape index (κ2) is 12.0. The zero-order valence-electron chi connectivity index (χ0n) is 21.0. The minimum Gasteiger partial charge on any atom is -0.367 e. The van der Waals surface area contributed by atoms with Gasteiger partial charge in [0.1, 0.15) is 0 Å². The number of fused-ring (bicyclic) bond motifs is 1. The molecule has 1 amide bonds. The summed E-state index contributed by atoms with van der Waals surface area (Å²) >= 11 is 2.97. The number of benzene rings is 1. The minimum absolute atomic E-state index is 0.162. The van der Waals surface area contributed by atoms with E-state index in [0.29, 0.717) is 11.9 Å². The van der Waals surface area contributed by atoms with Gasteiger partial charge in [0.25, 0.3) is 0 Å². The standard InChI is InChI=1S/C26H35N5O3S2/c1-3-35-26-28-23-16-22(36-34-33-2)4-5-24(23)31(26)21-9-14-30(15-10-21)25(32)20-7-12-29(13-8-20)18-19-6-11-27-17-19/h4-6,11,16-17,20-21,27H,3,7-10,12-15,18H2,1-2H3. The number of aromatic amines is 1. The van der Waals surface area contributed by atoms with Crippen LogP contribution in [0, 0.1) is 5.92 Å². The molecule has 0 unspecified atom stereocenters. The van der Waals surface area contributed by atoms with E-state index in [1.54, 1.807) is 11.8 Å². The topological polar surface area (TPSA) is 75.6 Å². The third-order valence-electron chi connectivity index (χ3n) is 7.25. The Hall–Kier alpha value is -1.98. The first-order chi connectivity index (χ1) is 17.7. The highest BCUT2D eigenvalue weighted by Gasteiger charge is 2.32. The number of likely N-dealkylation sites (tertiary alicyclic amines) is 2. The van der Waals surface area contributed by atoms with Gasteiger partial charge in [-0.25, -0.2) is 9.87 Å². The summed E-state index contributed by atoms with van der Waals surface area (Å²) in [6.07, 6.45) is 7.87. The number of hydrogen-bond donors (Lipinski definition) is 1. The van der Waals surface area contributed by atoms with Gasteiger partial charge in [0.2, 0.25) is 5.91 Å². The number of thioether (sulfide) groups is 1. The second-order valence-corrected chi connectivity index (χ2v) is 11.5. The zero-order chi connectivity index (χ0) is 24.9. The van der Waals surface area contributed by atoms with Crippen LogP contribution in [0.15, 0.2) is 46.7 Å². The molecule has 2 saturated heterocycles. The number of carbonyl (C=O) groups is 1. The average molecular weight is 530 g/mol. The quantitative estimate of drug-likeness (QED) is 0.178. The fraction of sp³-hybridized carbons (Fsp3) is 0.538. The van der Waals surface area contributed by atoms with Crippen molar-refractivity contribution in [3.63, 3.8) is 0 Å². The van der Waals surface area contributed by atoms with Crippen molar-refractivity contribution in [2.45, 2.75) is 55.2 Å². The predicted molar refractivity (Wildman–Crippen MR) is 144 cm³/mol. The highest BCUT2D eigenvalue weighted by molar-refractivity contribution is 7.99. The Morgan fingerprint density at radius 2 is 1.94 bits per heavy atom. The molecule has 0 atom stereocenters. The van der Waals surface area contributed by atoms with Crippen LogP contribution in [0.4, 0.5) is 0 Å². The molecule has 5 rings (SSSR count). The summed E-state index contributed by atoms with van der Waals surface area (Å²) in [7, 11) is 1.50.